The number of nitro benzene ring substituents is 1. The normalized spacial score (nSPS) is 11.0. The number of aryl methyl sites for hydroxylation is 1. The lowest BCUT2D eigenvalue weighted by molar-refractivity contribution is -0.385. The van der Waals surface area contributed by atoms with Crippen LogP contribution in [0.2, 0.25) is 5.02 Å². The summed E-state index contributed by atoms with van der Waals surface area (Å²) in [6.45, 7) is 1.15. The lowest BCUT2D eigenvalue weighted by Gasteiger charge is -2.24. The van der Waals surface area contributed by atoms with Gasteiger partial charge in [0.25, 0.3) is 15.7 Å². The molecule has 34 heavy (non-hydrogen) atoms. The van der Waals surface area contributed by atoms with Crippen molar-refractivity contribution in [2.24, 2.45) is 0 Å². The average molecular weight is 504 g/mol. The first-order chi connectivity index (χ1) is 16.1. The molecule has 1 N–H and O–H groups in total. The van der Waals surface area contributed by atoms with Crippen LogP contribution in [0.1, 0.15) is 11.1 Å². The smallest absolute Gasteiger partial charge is 0.273 e. The van der Waals surface area contributed by atoms with E-state index in [0.29, 0.717) is 16.3 Å². The zero-order valence-corrected chi connectivity index (χ0v) is 20.0. The van der Waals surface area contributed by atoms with Crippen LogP contribution in [0.15, 0.2) is 71.6 Å². The van der Waals surface area contributed by atoms with Gasteiger partial charge < -0.3 is 10.1 Å². The number of carbonyl (C=O) groups excluding carboxylic acids is 1. The Bertz CT molecular complexity index is 1300. The molecule has 0 radical (unpaired) electrons. The van der Waals surface area contributed by atoms with Crippen LogP contribution in [0.5, 0.6) is 5.75 Å². The van der Waals surface area contributed by atoms with Crippen LogP contribution in [-0.4, -0.2) is 32.9 Å². The van der Waals surface area contributed by atoms with Crippen LogP contribution in [0.3, 0.4) is 0 Å². The fourth-order valence-corrected chi connectivity index (χ4v) is 4.69. The lowest BCUT2D eigenvalue weighted by atomic mass is 10.2. The van der Waals surface area contributed by atoms with Gasteiger partial charge in [0, 0.05) is 23.2 Å². The largest absolute Gasteiger partial charge is 0.497 e. The van der Waals surface area contributed by atoms with Gasteiger partial charge in [-0.05, 0) is 55.0 Å². The number of nitrogens with zero attached hydrogens (tertiary/aromatic N) is 2. The highest BCUT2D eigenvalue weighted by atomic mass is 35.5. The van der Waals surface area contributed by atoms with Crippen molar-refractivity contribution in [2.75, 3.05) is 18.0 Å². The Labute approximate surface area is 202 Å². The zero-order chi connectivity index (χ0) is 24.9. The third-order valence-electron chi connectivity index (χ3n) is 5.02. The van der Waals surface area contributed by atoms with E-state index < -0.39 is 27.4 Å². The second kappa shape index (κ2) is 10.5. The van der Waals surface area contributed by atoms with E-state index in [4.69, 9.17) is 16.3 Å². The summed E-state index contributed by atoms with van der Waals surface area (Å²) < 4.78 is 33.0. The maximum Gasteiger partial charge on any atom is 0.273 e. The van der Waals surface area contributed by atoms with E-state index in [9.17, 15) is 23.3 Å². The molecular weight excluding hydrogens is 482 g/mol. The highest BCUT2D eigenvalue weighted by molar-refractivity contribution is 7.92. The van der Waals surface area contributed by atoms with Gasteiger partial charge in [0.2, 0.25) is 5.91 Å². The van der Waals surface area contributed by atoms with Crippen LogP contribution >= 0.6 is 11.6 Å². The maximum atomic E-state index is 13.5. The third kappa shape index (κ3) is 5.83. The molecule has 0 aliphatic rings. The Balaban J connectivity index is 1.92. The molecule has 178 valence electrons. The molecule has 0 atom stereocenters. The topological polar surface area (TPSA) is 119 Å². The number of amides is 1. The Morgan fingerprint density at radius 3 is 2.32 bits per heavy atom. The number of hydrogen-bond donors (Lipinski definition) is 1. The highest BCUT2D eigenvalue weighted by Gasteiger charge is 2.29. The van der Waals surface area contributed by atoms with Gasteiger partial charge in [-0.3, -0.25) is 19.2 Å². The molecule has 3 aromatic carbocycles. The Morgan fingerprint density at radius 1 is 1.09 bits per heavy atom. The van der Waals surface area contributed by atoms with E-state index in [2.05, 4.69) is 5.32 Å². The molecule has 1 amide bonds. The summed E-state index contributed by atoms with van der Waals surface area (Å²) in [5.41, 5.74) is 0.972. The minimum atomic E-state index is -4.32. The molecule has 0 heterocycles. The van der Waals surface area contributed by atoms with Gasteiger partial charge in [-0.1, -0.05) is 29.8 Å². The number of nitro groups is 1. The second-order valence-corrected chi connectivity index (χ2v) is 9.62. The molecule has 0 unspecified atom stereocenters. The highest BCUT2D eigenvalue weighted by Crippen LogP contribution is 2.29. The Morgan fingerprint density at radius 2 is 1.74 bits per heavy atom. The van der Waals surface area contributed by atoms with Crippen LogP contribution in [0.25, 0.3) is 0 Å². The first-order valence-electron chi connectivity index (χ1n) is 10.0. The average Bonchev–Trinajstić information content (AvgIpc) is 2.82. The molecule has 0 fully saturated rings. The summed E-state index contributed by atoms with van der Waals surface area (Å²) in [6, 6.07) is 16.6. The molecule has 11 heteroatoms. The number of ether oxygens (including phenoxy) is 1. The van der Waals surface area contributed by atoms with Gasteiger partial charge in [0.1, 0.15) is 12.3 Å². The molecule has 3 aromatic rings. The molecule has 0 spiro atoms. The van der Waals surface area contributed by atoms with Crippen LogP contribution in [0.4, 0.5) is 11.4 Å². The van der Waals surface area contributed by atoms with Crippen LogP contribution in [-0.2, 0) is 21.4 Å². The second-order valence-electron chi connectivity index (χ2n) is 7.32. The van der Waals surface area contributed by atoms with E-state index in [1.807, 2.05) is 0 Å². The van der Waals surface area contributed by atoms with Crippen molar-refractivity contribution in [1.82, 2.24) is 5.32 Å². The van der Waals surface area contributed by atoms with E-state index in [-0.39, 0.29) is 22.8 Å². The molecule has 0 aliphatic carbocycles. The lowest BCUT2D eigenvalue weighted by Crippen LogP contribution is -2.40. The standard InChI is InChI=1S/C23H22ClN3O6S/c1-16-3-12-21(13-22(16)27(29)30)34(31,32)26(19-8-10-20(33-2)11-9-19)15-23(28)25-14-17-4-6-18(24)7-5-17/h3-13H,14-15H2,1-2H3,(H,25,28). The quantitative estimate of drug-likeness (QED) is 0.347. The number of hydrogen-bond acceptors (Lipinski definition) is 6. The van der Waals surface area contributed by atoms with E-state index in [0.717, 1.165) is 15.9 Å². The SMILES string of the molecule is COc1ccc(N(CC(=O)NCc2ccc(Cl)cc2)S(=O)(=O)c2ccc(C)c([N+](=O)[O-])c2)cc1. The van der Waals surface area contributed by atoms with Crippen molar-refractivity contribution >= 4 is 38.9 Å². The molecule has 0 saturated heterocycles. The summed E-state index contributed by atoms with van der Waals surface area (Å²) in [4.78, 5) is 23.1. The predicted octanol–water partition coefficient (Wildman–Crippen LogP) is 4.08. The van der Waals surface area contributed by atoms with E-state index in [1.54, 1.807) is 36.4 Å². The van der Waals surface area contributed by atoms with E-state index in [1.165, 1.54) is 38.3 Å². The summed E-state index contributed by atoms with van der Waals surface area (Å²) >= 11 is 5.87. The molecule has 0 saturated carbocycles. The number of sulfonamides is 1. The van der Waals surface area contributed by atoms with Crippen molar-refractivity contribution in [1.29, 1.82) is 0 Å². The number of nitrogens with one attached hydrogen (secondary N) is 1. The molecule has 3 rings (SSSR count). The zero-order valence-electron chi connectivity index (χ0n) is 18.4. The fourth-order valence-electron chi connectivity index (χ4n) is 3.13. The van der Waals surface area contributed by atoms with Crippen molar-refractivity contribution < 1.29 is 22.9 Å². The van der Waals surface area contributed by atoms with Gasteiger partial charge in [-0.2, -0.15) is 0 Å². The molecule has 0 bridgehead atoms. The van der Waals surface area contributed by atoms with Gasteiger partial charge in [-0.25, -0.2) is 8.42 Å². The van der Waals surface area contributed by atoms with Crippen molar-refractivity contribution in [3.05, 3.63) is 93.0 Å². The summed E-state index contributed by atoms with van der Waals surface area (Å²) in [7, 11) is -2.85. The molecular formula is C23H22ClN3O6S. The summed E-state index contributed by atoms with van der Waals surface area (Å²) in [5, 5.41) is 14.6. The van der Waals surface area contributed by atoms with Gasteiger partial charge in [0.15, 0.2) is 0 Å². The van der Waals surface area contributed by atoms with Gasteiger partial charge >= 0.3 is 0 Å². The van der Waals surface area contributed by atoms with Crippen molar-refractivity contribution in [3.8, 4) is 5.75 Å². The fraction of sp³-hybridized carbons (Fsp3) is 0.174. The molecule has 9 nitrogen and oxygen atoms in total. The predicted molar refractivity (Wildman–Crippen MR) is 129 cm³/mol. The number of rotatable bonds is 9. The third-order valence-corrected chi connectivity index (χ3v) is 7.04. The van der Waals surface area contributed by atoms with E-state index >= 15 is 0 Å². The summed E-state index contributed by atoms with van der Waals surface area (Å²) in [6.07, 6.45) is 0. The number of anilines is 1. The van der Waals surface area contributed by atoms with Gasteiger partial charge in [-0.15, -0.1) is 0 Å². The number of methoxy groups -OCH3 is 1. The molecule has 0 aliphatic heterocycles. The maximum absolute atomic E-state index is 13.5. The summed E-state index contributed by atoms with van der Waals surface area (Å²) in [5.74, 6) is -0.0600. The van der Waals surface area contributed by atoms with Crippen molar-refractivity contribution in [2.45, 2.75) is 18.4 Å². The number of halogens is 1. The molecule has 0 aromatic heterocycles. The Hall–Kier alpha value is -3.63. The van der Waals surface area contributed by atoms with Gasteiger partial charge in [0.05, 0.1) is 22.6 Å². The first-order valence-corrected chi connectivity index (χ1v) is 11.9. The minimum Gasteiger partial charge on any atom is -0.497 e. The van der Waals surface area contributed by atoms with Crippen molar-refractivity contribution in [3.63, 3.8) is 0 Å². The monoisotopic (exact) mass is 503 g/mol. The van der Waals surface area contributed by atoms with Crippen LogP contribution in [0, 0.1) is 17.0 Å². The Kier molecular flexibility index (Phi) is 7.75. The number of benzene rings is 3. The minimum absolute atomic E-state index is 0.169. The van der Waals surface area contributed by atoms with Crippen LogP contribution < -0.4 is 14.4 Å². The number of carbonyl (C=O) groups is 1. The first kappa shape index (κ1) is 25.0.